The Bertz CT molecular complexity index is 316. The van der Waals surface area contributed by atoms with Crippen molar-refractivity contribution in [2.24, 2.45) is 0 Å². The van der Waals surface area contributed by atoms with Crippen molar-refractivity contribution >= 4 is 16.3 Å². The van der Waals surface area contributed by atoms with Crippen LogP contribution in [0.3, 0.4) is 0 Å². The molecule has 0 aliphatic heterocycles. The standard InChI is InChI=1S/2C16H35OP.2H2O.Ti/c2*1-3-5-7-9-11-13-15-18(17)16-14-12-10-8-6-4-2;;;/h2*17H,3-16H2,1-2H3;2*1H2;. The molecule has 0 aliphatic rings. The molecule has 0 spiro atoms. The van der Waals surface area contributed by atoms with E-state index in [1.165, 1.54) is 154 Å². The summed E-state index contributed by atoms with van der Waals surface area (Å²) in [6.07, 6.45) is 36.5. The van der Waals surface area contributed by atoms with Crippen LogP contribution in [0.1, 0.15) is 182 Å². The van der Waals surface area contributed by atoms with Crippen LogP contribution in [-0.2, 0) is 21.7 Å². The van der Waals surface area contributed by atoms with Crippen LogP contribution in [0.15, 0.2) is 0 Å². The van der Waals surface area contributed by atoms with Crippen LogP contribution in [-0.4, -0.2) is 45.4 Å². The summed E-state index contributed by atoms with van der Waals surface area (Å²) in [5.74, 6) is 0. The van der Waals surface area contributed by atoms with E-state index in [4.69, 9.17) is 0 Å². The van der Waals surface area contributed by atoms with E-state index in [1.54, 1.807) is 0 Å². The Balaban J connectivity index is -0.000000183. The molecule has 0 saturated heterocycles. The second kappa shape index (κ2) is 46.4. The van der Waals surface area contributed by atoms with Gasteiger partial charge in [0.15, 0.2) is 0 Å². The third kappa shape index (κ3) is 49.4. The summed E-state index contributed by atoms with van der Waals surface area (Å²) in [6.45, 7) is 9.03. The second-order valence-electron chi connectivity index (χ2n) is 11.0. The Morgan fingerprint density at radius 1 is 0.308 bits per heavy atom. The SMILES string of the molecule is CCCCCCCCP(O)CCCCCCCC.CCCCCCCCP(O)CCCCCCCC.O.O.[Ti]. The van der Waals surface area contributed by atoms with Gasteiger partial charge >= 0.3 is 0 Å². The van der Waals surface area contributed by atoms with E-state index in [-0.39, 0.29) is 32.7 Å². The molecular weight excluding hydrogens is 558 g/mol. The average molecular weight is 633 g/mol. The van der Waals surface area contributed by atoms with Gasteiger partial charge in [0, 0.05) is 38.0 Å². The molecule has 7 heteroatoms. The number of hydrogen-bond acceptors (Lipinski definition) is 2. The molecular formula is C32H74O4P2Ti. The second-order valence-corrected chi connectivity index (χ2v) is 14.8. The molecule has 0 fully saturated rings. The molecule has 6 N–H and O–H groups in total. The van der Waals surface area contributed by atoms with Gasteiger partial charge in [0.05, 0.1) is 0 Å². The fourth-order valence-electron chi connectivity index (χ4n) is 4.52. The number of hydrogen-bond donors (Lipinski definition) is 2. The first-order valence-corrected chi connectivity index (χ1v) is 19.8. The first-order chi connectivity index (χ1) is 17.6. The predicted molar refractivity (Wildman–Crippen MR) is 178 cm³/mol. The Hall–Kier alpha value is 1.41. The fraction of sp³-hybridized carbons (Fsp3) is 1.00. The summed E-state index contributed by atoms with van der Waals surface area (Å²) in [4.78, 5) is 19.8. The molecule has 4 nitrogen and oxygen atoms in total. The van der Waals surface area contributed by atoms with Gasteiger partial charge in [-0.05, 0) is 50.3 Å². The van der Waals surface area contributed by atoms with Crippen LogP contribution in [0, 0.1) is 0 Å². The molecule has 0 atom stereocenters. The fourth-order valence-corrected chi connectivity index (χ4v) is 7.32. The van der Waals surface area contributed by atoms with Gasteiger partial charge in [-0.1, -0.05) is 156 Å². The monoisotopic (exact) mass is 632 g/mol. The van der Waals surface area contributed by atoms with Crippen molar-refractivity contribution in [3.63, 3.8) is 0 Å². The van der Waals surface area contributed by atoms with Crippen LogP contribution in [0.25, 0.3) is 0 Å². The Kier molecular flexibility index (Phi) is 59.5. The topological polar surface area (TPSA) is 103 Å². The third-order valence-corrected chi connectivity index (χ3v) is 10.4. The maximum absolute atomic E-state index is 9.92. The summed E-state index contributed by atoms with van der Waals surface area (Å²) in [5, 5.41) is 0. The average Bonchev–Trinajstić information content (AvgIpc) is 2.88. The summed E-state index contributed by atoms with van der Waals surface area (Å²) in [7, 11) is -1.26. The van der Waals surface area contributed by atoms with Crippen LogP contribution in [0.5, 0.6) is 0 Å². The van der Waals surface area contributed by atoms with Crippen LogP contribution in [0.2, 0.25) is 0 Å². The Morgan fingerprint density at radius 2 is 0.462 bits per heavy atom. The van der Waals surface area contributed by atoms with Gasteiger partial charge < -0.3 is 20.7 Å². The molecule has 0 unspecified atom stereocenters. The van der Waals surface area contributed by atoms with E-state index < -0.39 is 16.3 Å². The first kappa shape index (κ1) is 50.1. The molecule has 0 radical (unpaired) electrons. The summed E-state index contributed by atoms with van der Waals surface area (Å²) in [5.41, 5.74) is 0. The van der Waals surface area contributed by atoms with Crippen LogP contribution in [0.4, 0.5) is 0 Å². The van der Waals surface area contributed by atoms with E-state index in [0.29, 0.717) is 0 Å². The van der Waals surface area contributed by atoms with Gasteiger partial charge in [0.2, 0.25) is 0 Å². The number of rotatable bonds is 28. The molecule has 0 bridgehead atoms. The predicted octanol–water partition coefficient (Wildman–Crippen LogP) is 10.5. The maximum atomic E-state index is 9.92. The largest absolute Gasteiger partial charge is 0.412 e. The van der Waals surface area contributed by atoms with Gasteiger partial charge in [-0.3, -0.25) is 0 Å². The van der Waals surface area contributed by atoms with Gasteiger partial charge in [-0.15, -0.1) is 0 Å². The van der Waals surface area contributed by atoms with Crippen molar-refractivity contribution in [3.8, 4) is 0 Å². The van der Waals surface area contributed by atoms with E-state index in [2.05, 4.69) is 27.7 Å². The minimum Gasteiger partial charge on any atom is -0.412 e. The smallest absolute Gasteiger partial charge is 0.0251 e. The normalized spacial score (nSPS) is 10.5. The van der Waals surface area contributed by atoms with E-state index in [0.717, 1.165) is 24.6 Å². The van der Waals surface area contributed by atoms with Crippen molar-refractivity contribution < 1.29 is 42.5 Å². The van der Waals surface area contributed by atoms with E-state index in [1.807, 2.05) is 0 Å². The Labute approximate surface area is 264 Å². The molecule has 0 aromatic heterocycles. The molecule has 0 amide bonds. The first-order valence-electron chi connectivity index (χ1n) is 16.5. The zero-order chi connectivity index (χ0) is 27.0. The van der Waals surface area contributed by atoms with Crippen LogP contribution >= 0.6 is 16.3 Å². The van der Waals surface area contributed by atoms with Gasteiger partial charge in [-0.25, -0.2) is 0 Å². The Morgan fingerprint density at radius 3 is 0.641 bits per heavy atom. The number of unbranched alkanes of at least 4 members (excludes halogenated alkanes) is 20. The zero-order valence-corrected chi connectivity index (χ0v) is 30.4. The molecule has 0 aromatic rings. The minimum absolute atomic E-state index is 0. The maximum Gasteiger partial charge on any atom is 0.0251 e. The summed E-state index contributed by atoms with van der Waals surface area (Å²) < 4.78 is 0. The molecule has 0 rings (SSSR count). The van der Waals surface area contributed by atoms with Crippen molar-refractivity contribution in [1.82, 2.24) is 0 Å². The molecule has 39 heavy (non-hydrogen) atoms. The van der Waals surface area contributed by atoms with Crippen LogP contribution < -0.4 is 0 Å². The van der Waals surface area contributed by atoms with E-state index in [9.17, 15) is 9.79 Å². The third-order valence-electron chi connectivity index (χ3n) is 7.08. The van der Waals surface area contributed by atoms with E-state index >= 15 is 0 Å². The minimum atomic E-state index is -0.630. The van der Waals surface area contributed by atoms with Gasteiger partial charge in [-0.2, -0.15) is 0 Å². The summed E-state index contributed by atoms with van der Waals surface area (Å²) in [6, 6.07) is 0. The molecule has 0 aromatic carbocycles. The summed E-state index contributed by atoms with van der Waals surface area (Å²) >= 11 is 0. The van der Waals surface area contributed by atoms with Crippen molar-refractivity contribution in [2.45, 2.75) is 182 Å². The zero-order valence-electron chi connectivity index (χ0n) is 27.1. The molecule has 0 heterocycles. The quantitative estimate of drug-likeness (QED) is 0.0509. The molecule has 0 aliphatic carbocycles. The van der Waals surface area contributed by atoms with Gasteiger partial charge in [0.25, 0.3) is 0 Å². The molecule has 0 saturated carbocycles. The van der Waals surface area contributed by atoms with Crippen molar-refractivity contribution in [3.05, 3.63) is 0 Å². The van der Waals surface area contributed by atoms with Crippen molar-refractivity contribution in [2.75, 3.05) is 24.6 Å². The van der Waals surface area contributed by atoms with Gasteiger partial charge in [0.1, 0.15) is 0 Å². The molecule has 240 valence electrons. The van der Waals surface area contributed by atoms with Crippen molar-refractivity contribution in [1.29, 1.82) is 0 Å².